The summed E-state index contributed by atoms with van der Waals surface area (Å²) in [5.41, 5.74) is 5.22. The van der Waals surface area contributed by atoms with Crippen LogP contribution in [0.3, 0.4) is 0 Å². The maximum atomic E-state index is 11.8. The lowest BCUT2D eigenvalue weighted by molar-refractivity contribution is -0.138. The fraction of sp³-hybridized carbons (Fsp3) is 0.273. The number of carboxylic acids is 1. The Morgan fingerprint density at radius 1 is 1.45 bits per heavy atom. The summed E-state index contributed by atoms with van der Waals surface area (Å²) < 4.78 is 1.39. The molecule has 20 heavy (non-hydrogen) atoms. The van der Waals surface area contributed by atoms with Gasteiger partial charge in [-0.3, -0.25) is 23.7 Å². The number of hydrogen-bond acceptors (Lipinski definition) is 6. The third-order valence-corrected chi connectivity index (χ3v) is 3.24. The number of nitrogens with zero attached hydrogens (tertiary/aromatic N) is 3. The van der Waals surface area contributed by atoms with E-state index in [9.17, 15) is 14.4 Å². The Morgan fingerprint density at radius 2 is 2.20 bits per heavy atom. The largest absolute Gasteiger partial charge is 0.480 e. The van der Waals surface area contributed by atoms with Gasteiger partial charge in [-0.15, -0.1) is 11.3 Å². The number of thiazole rings is 1. The van der Waals surface area contributed by atoms with Gasteiger partial charge in [0.25, 0.3) is 5.56 Å². The number of nitrogens with two attached hydrogens (primary N) is 1. The van der Waals surface area contributed by atoms with Crippen molar-refractivity contribution in [2.24, 2.45) is 5.73 Å². The van der Waals surface area contributed by atoms with Gasteiger partial charge in [0.2, 0.25) is 5.91 Å². The molecule has 2 aromatic heterocycles. The molecule has 9 heteroatoms. The van der Waals surface area contributed by atoms with E-state index in [1.165, 1.54) is 26.7 Å². The van der Waals surface area contributed by atoms with Gasteiger partial charge in [-0.05, 0) is 0 Å². The van der Waals surface area contributed by atoms with Crippen LogP contribution in [0.5, 0.6) is 0 Å². The first kappa shape index (κ1) is 14.2. The summed E-state index contributed by atoms with van der Waals surface area (Å²) in [6.07, 6.45) is 1.61. The van der Waals surface area contributed by atoms with Crippen LogP contribution in [0.4, 0.5) is 0 Å². The van der Waals surface area contributed by atoms with Crippen molar-refractivity contribution in [3.05, 3.63) is 33.7 Å². The summed E-state index contributed by atoms with van der Waals surface area (Å²) in [6.45, 7) is -0.495. The van der Waals surface area contributed by atoms with Gasteiger partial charge in [0.15, 0.2) is 4.96 Å². The van der Waals surface area contributed by atoms with Gasteiger partial charge in [-0.1, -0.05) is 0 Å². The Balaban J connectivity index is 2.25. The standard InChI is InChI=1S/C11H12N4O4S/c12-8(16)5-14(6-10(18)19)4-7-3-9(17)15-1-2-20-11(15)13-7/h1-3H,4-6H2,(H2,12,16)(H,18,19). The van der Waals surface area contributed by atoms with E-state index in [0.717, 1.165) is 0 Å². The number of fused-ring (bicyclic) bond motifs is 1. The molecule has 0 aromatic carbocycles. The van der Waals surface area contributed by atoms with Gasteiger partial charge in [0.1, 0.15) is 0 Å². The van der Waals surface area contributed by atoms with E-state index >= 15 is 0 Å². The van der Waals surface area contributed by atoms with Crippen molar-refractivity contribution in [2.45, 2.75) is 6.54 Å². The molecule has 3 N–H and O–H groups in total. The van der Waals surface area contributed by atoms with Crippen molar-refractivity contribution in [2.75, 3.05) is 13.1 Å². The molecule has 0 radical (unpaired) electrons. The minimum absolute atomic E-state index is 0.0683. The zero-order valence-corrected chi connectivity index (χ0v) is 11.2. The second-order valence-corrected chi connectivity index (χ2v) is 5.02. The van der Waals surface area contributed by atoms with Crippen LogP contribution in [-0.2, 0) is 16.1 Å². The highest BCUT2D eigenvalue weighted by Crippen LogP contribution is 2.08. The van der Waals surface area contributed by atoms with Crippen LogP contribution in [0.15, 0.2) is 22.4 Å². The number of primary amides is 1. The van der Waals surface area contributed by atoms with Crippen molar-refractivity contribution in [1.29, 1.82) is 0 Å². The molecule has 2 aromatic rings. The van der Waals surface area contributed by atoms with E-state index < -0.39 is 11.9 Å². The van der Waals surface area contributed by atoms with E-state index in [2.05, 4.69) is 4.98 Å². The molecule has 0 aliphatic rings. The molecule has 2 rings (SSSR count). The first-order chi connectivity index (χ1) is 9.45. The van der Waals surface area contributed by atoms with E-state index in [4.69, 9.17) is 10.8 Å². The summed E-state index contributed by atoms with van der Waals surface area (Å²) in [5, 5.41) is 10.5. The number of rotatable bonds is 6. The number of carbonyl (C=O) groups is 2. The number of hydrogen-bond donors (Lipinski definition) is 2. The molecule has 0 atom stereocenters. The predicted molar refractivity (Wildman–Crippen MR) is 71.4 cm³/mol. The number of carboxylic acid groups (broad SMARTS) is 1. The van der Waals surface area contributed by atoms with Crippen molar-refractivity contribution < 1.29 is 14.7 Å². The van der Waals surface area contributed by atoms with Crippen LogP contribution in [0.1, 0.15) is 5.69 Å². The molecule has 0 saturated carbocycles. The lowest BCUT2D eigenvalue weighted by atomic mass is 10.3. The van der Waals surface area contributed by atoms with Gasteiger partial charge in [-0.25, -0.2) is 4.98 Å². The third-order valence-electron chi connectivity index (χ3n) is 2.48. The highest BCUT2D eigenvalue weighted by Gasteiger charge is 2.14. The molecule has 0 aliphatic heterocycles. The second kappa shape index (κ2) is 5.80. The van der Waals surface area contributed by atoms with Crippen LogP contribution < -0.4 is 11.3 Å². The predicted octanol–water partition coefficient (Wildman–Crippen LogP) is -0.872. The van der Waals surface area contributed by atoms with Crippen molar-refractivity contribution in [3.63, 3.8) is 0 Å². The minimum atomic E-state index is -1.08. The lowest BCUT2D eigenvalue weighted by Gasteiger charge is -2.17. The van der Waals surface area contributed by atoms with Crippen LogP contribution in [0.2, 0.25) is 0 Å². The molecular weight excluding hydrogens is 284 g/mol. The van der Waals surface area contributed by atoms with Crippen LogP contribution in [0, 0.1) is 0 Å². The fourth-order valence-electron chi connectivity index (χ4n) is 1.78. The number of carbonyl (C=O) groups excluding carboxylic acids is 1. The average molecular weight is 296 g/mol. The molecule has 2 heterocycles. The maximum absolute atomic E-state index is 11.8. The number of aromatic nitrogens is 2. The van der Waals surface area contributed by atoms with Gasteiger partial charge in [-0.2, -0.15) is 0 Å². The lowest BCUT2D eigenvalue weighted by Crippen LogP contribution is -2.37. The molecule has 0 fully saturated rings. The Bertz CT molecular complexity index is 692. The summed E-state index contributed by atoms with van der Waals surface area (Å²) in [4.78, 5) is 39.5. The van der Waals surface area contributed by atoms with Gasteiger partial charge >= 0.3 is 5.97 Å². The van der Waals surface area contributed by atoms with Crippen molar-refractivity contribution in [1.82, 2.24) is 14.3 Å². The van der Waals surface area contributed by atoms with E-state index in [-0.39, 0.29) is 25.2 Å². The zero-order chi connectivity index (χ0) is 14.7. The van der Waals surface area contributed by atoms with Crippen LogP contribution in [0.25, 0.3) is 4.96 Å². The van der Waals surface area contributed by atoms with Gasteiger partial charge in [0, 0.05) is 24.2 Å². The fourth-order valence-corrected chi connectivity index (χ4v) is 2.52. The molecular formula is C11H12N4O4S. The van der Waals surface area contributed by atoms with E-state index in [1.54, 1.807) is 11.6 Å². The third kappa shape index (κ3) is 3.39. The average Bonchev–Trinajstić information content (AvgIpc) is 2.75. The molecule has 1 amide bonds. The number of aliphatic carboxylic acids is 1. The monoisotopic (exact) mass is 296 g/mol. The molecule has 0 unspecified atom stereocenters. The highest BCUT2D eigenvalue weighted by molar-refractivity contribution is 7.15. The van der Waals surface area contributed by atoms with Gasteiger partial charge < -0.3 is 10.8 Å². The Hall–Kier alpha value is -2.26. The maximum Gasteiger partial charge on any atom is 0.317 e. The first-order valence-electron chi connectivity index (χ1n) is 5.64. The first-order valence-corrected chi connectivity index (χ1v) is 6.52. The normalized spacial score (nSPS) is 11.1. The molecule has 0 spiro atoms. The van der Waals surface area contributed by atoms with Crippen molar-refractivity contribution in [3.8, 4) is 0 Å². The van der Waals surface area contributed by atoms with E-state index in [0.29, 0.717) is 10.7 Å². The molecule has 0 bridgehead atoms. The van der Waals surface area contributed by atoms with Gasteiger partial charge in [0.05, 0.1) is 18.8 Å². The highest BCUT2D eigenvalue weighted by atomic mass is 32.1. The van der Waals surface area contributed by atoms with Crippen molar-refractivity contribution >= 4 is 28.2 Å². The summed E-state index contributed by atoms with van der Waals surface area (Å²) in [7, 11) is 0. The molecule has 0 aliphatic carbocycles. The smallest absolute Gasteiger partial charge is 0.317 e. The Morgan fingerprint density at radius 3 is 2.85 bits per heavy atom. The quantitative estimate of drug-likeness (QED) is 0.715. The van der Waals surface area contributed by atoms with Crippen LogP contribution >= 0.6 is 11.3 Å². The second-order valence-electron chi connectivity index (χ2n) is 4.15. The molecule has 106 valence electrons. The zero-order valence-electron chi connectivity index (χ0n) is 10.4. The number of amides is 1. The molecule has 8 nitrogen and oxygen atoms in total. The van der Waals surface area contributed by atoms with Crippen LogP contribution in [-0.4, -0.2) is 44.4 Å². The topological polar surface area (TPSA) is 118 Å². The summed E-state index contributed by atoms with van der Waals surface area (Å²) in [6, 6.07) is 1.32. The summed E-state index contributed by atoms with van der Waals surface area (Å²) in [5.74, 6) is -1.72. The Kier molecular flexibility index (Phi) is 4.11. The minimum Gasteiger partial charge on any atom is -0.480 e. The SMILES string of the molecule is NC(=O)CN(CC(=O)O)Cc1cc(=O)n2ccsc2n1. The summed E-state index contributed by atoms with van der Waals surface area (Å²) >= 11 is 1.30. The molecule has 0 saturated heterocycles. The van der Waals surface area contributed by atoms with E-state index in [1.807, 2.05) is 0 Å². The Labute approximate surface area is 117 Å².